The number of pyridine rings is 1. The van der Waals surface area contributed by atoms with E-state index in [4.69, 9.17) is 4.74 Å². The van der Waals surface area contributed by atoms with Gasteiger partial charge in [0.25, 0.3) is 0 Å². The number of ether oxygens (including phenoxy) is 1. The van der Waals surface area contributed by atoms with Crippen molar-refractivity contribution in [2.45, 2.75) is 44.8 Å². The first kappa shape index (κ1) is 12.5. The summed E-state index contributed by atoms with van der Waals surface area (Å²) in [6, 6.07) is 2.47. The molecule has 0 radical (unpaired) electrons. The van der Waals surface area contributed by atoms with Crippen LogP contribution in [0.1, 0.15) is 42.9 Å². The third kappa shape index (κ3) is 3.27. The minimum atomic E-state index is 0.396. The van der Waals surface area contributed by atoms with E-state index in [1.165, 1.54) is 24.0 Å². The van der Waals surface area contributed by atoms with Crippen LogP contribution in [-0.2, 0) is 4.74 Å². The SMILES string of the molecule is CNC(CCC1CCCO1)c1cnccc1C. The summed E-state index contributed by atoms with van der Waals surface area (Å²) in [6.45, 7) is 3.09. The van der Waals surface area contributed by atoms with Crippen molar-refractivity contribution in [1.29, 1.82) is 0 Å². The second-order valence-corrected chi connectivity index (χ2v) is 4.79. The first-order valence-corrected chi connectivity index (χ1v) is 6.50. The lowest BCUT2D eigenvalue weighted by molar-refractivity contribution is 0.0998. The highest BCUT2D eigenvalue weighted by Crippen LogP contribution is 2.25. The van der Waals surface area contributed by atoms with Crippen LogP contribution in [0.2, 0.25) is 0 Å². The van der Waals surface area contributed by atoms with E-state index >= 15 is 0 Å². The predicted octanol–water partition coefficient (Wildman–Crippen LogP) is 2.61. The molecular weight excluding hydrogens is 212 g/mol. The molecule has 0 spiro atoms. The lowest BCUT2D eigenvalue weighted by Crippen LogP contribution is -2.19. The number of hydrogen-bond donors (Lipinski definition) is 1. The van der Waals surface area contributed by atoms with Gasteiger partial charge in [0.05, 0.1) is 6.10 Å². The zero-order valence-corrected chi connectivity index (χ0v) is 10.8. The van der Waals surface area contributed by atoms with Gasteiger partial charge in [0.2, 0.25) is 0 Å². The van der Waals surface area contributed by atoms with E-state index in [2.05, 4.69) is 23.3 Å². The van der Waals surface area contributed by atoms with E-state index in [9.17, 15) is 0 Å². The van der Waals surface area contributed by atoms with Gasteiger partial charge in [-0.25, -0.2) is 0 Å². The minimum absolute atomic E-state index is 0.396. The number of aromatic nitrogens is 1. The summed E-state index contributed by atoms with van der Waals surface area (Å²) >= 11 is 0. The molecule has 1 aliphatic rings. The molecule has 1 N–H and O–H groups in total. The zero-order valence-electron chi connectivity index (χ0n) is 10.8. The van der Waals surface area contributed by atoms with Gasteiger partial charge < -0.3 is 10.1 Å². The number of aryl methyl sites for hydroxylation is 1. The molecule has 1 aliphatic heterocycles. The summed E-state index contributed by atoms with van der Waals surface area (Å²) in [4.78, 5) is 4.22. The van der Waals surface area contributed by atoms with Gasteiger partial charge in [0.15, 0.2) is 0 Å². The van der Waals surface area contributed by atoms with E-state index in [0.717, 1.165) is 19.4 Å². The molecule has 2 heterocycles. The van der Waals surface area contributed by atoms with Crippen molar-refractivity contribution in [2.75, 3.05) is 13.7 Å². The fourth-order valence-corrected chi connectivity index (χ4v) is 2.52. The fourth-order valence-electron chi connectivity index (χ4n) is 2.52. The Hall–Kier alpha value is -0.930. The van der Waals surface area contributed by atoms with Crippen molar-refractivity contribution < 1.29 is 4.74 Å². The van der Waals surface area contributed by atoms with Crippen molar-refractivity contribution in [1.82, 2.24) is 10.3 Å². The maximum Gasteiger partial charge on any atom is 0.0576 e. The zero-order chi connectivity index (χ0) is 12.1. The van der Waals surface area contributed by atoms with Gasteiger partial charge in [-0.1, -0.05) is 0 Å². The van der Waals surface area contributed by atoms with Crippen molar-refractivity contribution in [2.24, 2.45) is 0 Å². The van der Waals surface area contributed by atoms with Crippen molar-refractivity contribution in [3.8, 4) is 0 Å². The molecule has 1 aromatic heterocycles. The minimum Gasteiger partial charge on any atom is -0.378 e. The summed E-state index contributed by atoms with van der Waals surface area (Å²) in [5.41, 5.74) is 2.62. The van der Waals surface area contributed by atoms with Crippen LogP contribution in [0.4, 0.5) is 0 Å². The quantitative estimate of drug-likeness (QED) is 0.850. The smallest absolute Gasteiger partial charge is 0.0576 e. The summed E-state index contributed by atoms with van der Waals surface area (Å²) < 4.78 is 5.67. The Labute approximate surface area is 104 Å². The first-order valence-electron chi connectivity index (χ1n) is 6.50. The van der Waals surface area contributed by atoms with E-state index < -0.39 is 0 Å². The number of hydrogen-bond acceptors (Lipinski definition) is 3. The molecule has 1 aromatic rings. The molecule has 2 unspecified atom stereocenters. The number of rotatable bonds is 5. The summed E-state index contributed by atoms with van der Waals surface area (Å²) in [7, 11) is 2.02. The van der Waals surface area contributed by atoms with Crippen LogP contribution in [0.25, 0.3) is 0 Å². The van der Waals surface area contributed by atoms with Crippen LogP contribution in [0, 0.1) is 6.92 Å². The van der Waals surface area contributed by atoms with Gasteiger partial charge in [0.1, 0.15) is 0 Å². The molecule has 0 aromatic carbocycles. The van der Waals surface area contributed by atoms with Gasteiger partial charge in [-0.2, -0.15) is 0 Å². The van der Waals surface area contributed by atoms with E-state index in [1.807, 2.05) is 19.4 Å². The van der Waals surface area contributed by atoms with Crippen LogP contribution in [0.15, 0.2) is 18.5 Å². The molecule has 1 saturated heterocycles. The van der Waals surface area contributed by atoms with Gasteiger partial charge in [-0.3, -0.25) is 4.98 Å². The van der Waals surface area contributed by atoms with E-state index in [1.54, 1.807) is 0 Å². The Balaban J connectivity index is 1.94. The van der Waals surface area contributed by atoms with Crippen LogP contribution < -0.4 is 5.32 Å². The average Bonchev–Trinajstić information content (AvgIpc) is 2.85. The second kappa shape index (κ2) is 6.12. The second-order valence-electron chi connectivity index (χ2n) is 4.79. The van der Waals surface area contributed by atoms with Gasteiger partial charge >= 0.3 is 0 Å². The number of nitrogens with one attached hydrogen (secondary N) is 1. The molecule has 3 nitrogen and oxygen atoms in total. The molecule has 0 amide bonds. The first-order chi connectivity index (χ1) is 8.31. The monoisotopic (exact) mass is 234 g/mol. The summed E-state index contributed by atoms with van der Waals surface area (Å²) in [5, 5.41) is 3.39. The third-order valence-corrected chi connectivity index (χ3v) is 3.60. The van der Waals surface area contributed by atoms with E-state index in [-0.39, 0.29) is 0 Å². The Morgan fingerprint density at radius 2 is 2.47 bits per heavy atom. The highest BCUT2D eigenvalue weighted by molar-refractivity contribution is 5.24. The van der Waals surface area contributed by atoms with Gasteiger partial charge in [-0.05, 0) is 56.8 Å². The largest absolute Gasteiger partial charge is 0.378 e. The Morgan fingerprint density at radius 1 is 1.59 bits per heavy atom. The summed E-state index contributed by atoms with van der Waals surface area (Å²) in [6.07, 6.45) is 9.01. The standard InChI is InChI=1S/C14H22N2O/c1-11-7-8-16-10-13(11)14(15-2)6-5-12-4-3-9-17-12/h7-8,10,12,14-15H,3-6,9H2,1-2H3. The van der Waals surface area contributed by atoms with Crippen LogP contribution in [-0.4, -0.2) is 24.7 Å². The molecule has 0 saturated carbocycles. The average molecular weight is 234 g/mol. The topological polar surface area (TPSA) is 34.1 Å². The molecule has 0 aliphatic carbocycles. The van der Waals surface area contributed by atoms with Crippen LogP contribution in [0.3, 0.4) is 0 Å². The fraction of sp³-hybridized carbons (Fsp3) is 0.643. The maximum absolute atomic E-state index is 5.67. The van der Waals surface area contributed by atoms with Crippen LogP contribution in [0.5, 0.6) is 0 Å². The normalized spacial score (nSPS) is 21.6. The summed E-state index contributed by atoms with van der Waals surface area (Å²) in [5.74, 6) is 0. The molecule has 2 atom stereocenters. The molecule has 17 heavy (non-hydrogen) atoms. The Morgan fingerprint density at radius 3 is 3.12 bits per heavy atom. The highest BCUT2D eigenvalue weighted by Gasteiger charge is 2.18. The van der Waals surface area contributed by atoms with Gasteiger partial charge in [-0.15, -0.1) is 0 Å². The van der Waals surface area contributed by atoms with Crippen molar-refractivity contribution in [3.63, 3.8) is 0 Å². The van der Waals surface area contributed by atoms with Crippen LogP contribution >= 0.6 is 0 Å². The molecule has 3 heteroatoms. The van der Waals surface area contributed by atoms with Crippen molar-refractivity contribution >= 4 is 0 Å². The predicted molar refractivity (Wildman–Crippen MR) is 69.0 cm³/mol. The number of nitrogens with zero attached hydrogens (tertiary/aromatic N) is 1. The van der Waals surface area contributed by atoms with E-state index in [0.29, 0.717) is 12.1 Å². The molecular formula is C14H22N2O. The lowest BCUT2D eigenvalue weighted by atomic mass is 9.97. The van der Waals surface area contributed by atoms with Gasteiger partial charge in [0, 0.05) is 25.0 Å². The highest BCUT2D eigenvalue weighted by atomic mass is 16.5. The Kier molecular flexibility index (Phi) is 4.51. The molecule has 0 bridgehead atoms. The Bertz CT molecular complexity index is 348. The molecule has 2 rings (SSSR count). The third-order valence-electron chi connectivity index (χ3n) is 3.60. The maximum atomic E-state index is 5.67. The van der Waals surface area contributed by atoms with Crippen molar-refractivity contribution in [3.05, 3.63) is 29.6 Å². The lowest BCUT2D eigenvalue weighted by Gasteiger charge is -2.20. The molecule has 1 fully saturated rings. The molecule has 94 valence electrons.